The third-order valence-electron chi connectivity index (χ3n) is 6.96. The Morgan fingerprint density at radius 2 is 1.73 bits per heavy atom. The van der Waals surface area contributed by atoms with Crippen molar-refractivity contribution >= 4 is 23.4 Å². The Kier molecular flexibility index (Phi) is 11.8. The number of phenols is 2. The summed E-state index contributed by atoms with van der Waals surface area (Å²) in [4.78, 5) is 24.6. The van der Waals surface area contributed by atoms with Crippen LogP contribution in [0.25, 0.3) is 5.76 Å². The number of amides is 2. The number of fused-ring (bicyclic) bond motifs is 2. The number of benzene rings is 1. The summed E-state index contributed by atoms with van der Waals surface area (Å²) >= 11 is 0. The number of carbonyl (C=O) groups excluding carboxylic acids is 2. The van der Waals surface area contributed by atoms with E-state index in [2.05, 4.69) is 5.32 Å². The summed E-state index contributed by atoms with van der Waals surface area (Å²) in [5.74, 6) is -1.05. The van der Waals surface area contributed by atoms with Crippen LogP contribution in [-0.4, -0.2) is 61.9 Å². The van der Waals surface area contributed by atoms with Gasteiger partial charge >= 0.3 is 6.09 Å². The molecule has 1 aromatic rings. The molecule has 220 valence electrons. The van der Waals surface area contributed by atoms with Crippen molar-refractivity contribution in [3.63, 3.8) is 0 Å². The number of methoxy groups -OCH3 is 3. The van der Waals surface area contributed by atoms with Crippen molar-refractivity contribution in [2.24, 2.45) is 17.6 Å². The zero-order valence-electron chi connectivity index (χ0n) is 24.5. The molecule has 0 saturated carbocycles. The minimum atomic E-state index is -0.897. The lowest BCUT2D eigenvalue weighted by Gasteiger charge is -2.30. The third kappa shape index (κ3) is 8.12. The molecule has 1 aliphatic rings. The minimum absolute atomic E-state index is 0.0202. The Bertz CT molecular complexity index is 1200. The number of hydrogen-bond donors (Lipinski definition) is 4. The van der Waals surface area contributed by atoms with Gasteiger partial charge in [0, 0.05) is 44.1 Å². The maximum atomic E-state index is 12.9. The summed E-state index contributed by atoms with van der Waals surface area (Å²) in [7, 11) is 4.63. The first kappa shape index (κ1) is 32.5. The van der Waals surface area contributed by atoms with Crippen molar-refractivity contribution in [1.29, 1.82) is 0 Å². The first-order chi connectivity index (χ1) is 18.8. The summed E-state index contributed by atoms with van der Waals surface area (Å²) < 4.78 is 22.8. The first-order valence-electron chi connectivity index (χ1n) is 13.0. The van der Waals surface area contributed by atoms with Crippen LogP contribution in [0, 0.1) is 11.8 Å². The van der Waals surface area contributed by atoms with Crippen LogP contribution in [-0.2, 0) is 23.7 Å². The molecule has 0 radical (unpaired) electrons. The van der Waals surface area contributed by atoms with Gasteiger partial charge < -0.3 is 40.2 Å². The number of nitrogens with one attached hydrogen (secondary N) is 1. The van der Waals surface area contributed by atoms with E-state index in [0.29, 0.717) is 23.3 Å². The fourth-order valence-corrected chi connectivity index (χ4v) is 4.95. The Labute approximate surface area is 236 Å². The van der Waals surface area contributed by atoms with Gasteiger partial charge in [-0.2, -0.15) is 0 Å². The lowest BCUT2D eigenvalue weighted by atomic mass is 9.89. The summed E-state index contributed by atoms with van der Waals surface area (Å²) in [6, 6.07) is 2.62. The quantitative estimate of drug-likeness (QED) is 0.228. The van der Waals surface area contributed by atoms with Gasteiger partial charge in [0.15, 0.2) is 0 Å². The van der Waals surface area contributed by atoms with Gasteiger partial charge in [0.25, 0.3) is 5.91 Å². The summed E-state index contributed by atoms with van der Waals surface area (Å²) in [5.41, 5.74) is 7.44. The van der Waals surface area contributed by atoms with Crippen LogP contribution in [0.1, 0.15) is 46.6 Å². The highest BCUT2D eigenvalue weighted by molar-refractivity contribution is 6.04. The van der Waals surface area contributed by atoms with E-state index in [0.717, 1.165) is 5.57 Å². The fraction of sp³-hybridized carbons (Fsp3) is 0.467. The molecule has 2 amide bonds. The van der Waals surface area contributed by atoms with Crippen LogP contribution >= 0.6 is 0 Å². The third-order valence-corrected chi connectivity index (χ3v) is 6.96. The number of primary amides is 1. The molecule has 0 aliphatic carbocycles. The summed E-state index contributed by atoms with van der Waals surface area (Å²) in [5, 5.41) is 24.1. The predicted octanol–water partition coefficient (Wildman–Crippen LogP) is 5.03. The van der Waals surface area contributed by atoms with E-state index < -0.39 is 30.3 Å². The van der Waals surface area contributed by atoms with Gasteiger partial charge in [-0.15, -0.1) is 0 Å². The minimum Gasteiger partial charge on any atom is -0.508 e. The van der Waals surface area contributed by atoms with Crippen molar-refractivity contribution in [1.82, 2.24) is 0 Å². The maximum absolute atomic E-state index is 12.9. The Morgan fingerprint density at radius 1 is 1.05 bits per heavy atom. The summed E-state index contributed by atoms with van der Waals surface area (Å²) in [6.07, 6.45) is 5.01. The molecule has 1 heterocycles. The molecule has 0 aromatic heterocycles. The molecule has 10 heteroatoms. The predicted molar refractivity (Wildman–Crippen MR) is 154 cm³/mol. The molecule has 5 N–H and O–H groups in total. The zero-order valence-corrected chi connectivity index (χ0v) is 24.5. The van der Waals surface area contributed by atoms with Crippen molar-refractivity contribution in [3.8, 4) is 11.5 Å². The number of anilines is 1. The van der Waals surface area contributed by atoms with Gasteiger partial charge in [-0.1, -0.05) is 38.2 Å². The van der Waals surface area contributed by atoms with E-state index in [9.17, 15) is 19.8 Å². The van der Waals surface area contributed by atoms with Crippen molar-refractivity contribution < 1.29 is 38.7 Å². The molecule has 2 bridgehead atoms. The number of allylic oxidation sites excluding steroid dienone is 2. The second-order valence-electron chi connectivity index (χ2n) is 10.1. The normalized spacial score (nSPS) is 25.1. The average molecular weight is 559 g/mol. The van der Waals surface area contributed by atoms with E-state index in [1.54, 1.807) is 39.4 Å². The average Bonchev–Trinajstić information content (AvgIpc) is 2.88. The van der Waals surface area contributed by atoms with E-state index in [-0.39, 0.29) is 34.6 Å². The SMILES string of the molecule is COC1=C(C)C[C@@H](OC)[C@@H](OC)[C@H](C)C=C(C)C(OC(N)=O)[C@@H](C)C=CC=C(C)C(=O)Nc2cc(O)cc1c2O. The van der Waals surface area contributed by atoms with Crippen LogP contribution in [0.2, 0.25) is 0 Å². The Hall–Kier alpha value is -3.76. The zero-order chi connectivity index (χ0) is 30.1. The standard InChI is InChI=1S/C30H42N2O8/c1-16-10-9-11-17(2)29(35)32-23-15-21(33)14-22(25(23)34)27(38-7)20(5)13-24(37-6)28(39-8)19(4)12-18(3)26(16)40-30(31)36/h9-12,14-16,19,24,26,28,33-34H,13H2,1-8H3,(H2,31,36)(H,32,35)/t16-,19+,24+,26?,28-/m0/s1. The Balaban J connectivity index is 2.75. The monoisotopic (exact) mass is 558 g/mol. The molecule has 5 atom stereocenters. The molecule has 1 aromatic carbocycles. The number of aromatic hydroxyl groups is 2. The molecular weight excluding hydrogens is 516 g/mol. The number of carbonyl (C=O) groups is 2. The van der Waals surface area contributed by atoms with Gasteiger partial charge in [-0.25, -0.2) is 4.79 Å². The molecule has 2 rings (SSSR count). The van der Waals surface area contributed by atoms with E-state index in [1.165, 1.54) is 19.2 Å². The molecular formula is C30H42N2O8. The first-order valence-corrected chi connectivity index (χ1v) is 13.0. The van der Waals surface area contributed by atoms with Gasteiger partial charge in [-0.05, 0) is 38.0 Å². The number of hydrogen-bond acceptors (Lipinski definition) is 8. The van der Waals surface area contributed by atoms with Crippen LogP contribution in [0.15, 0.2) is 53.2 Å². The lowest BCUT2D eigenvalue weighted by molar-refractivity contribution is -0.112. The highest BCUT2D eigenvalue weighted by Gasteiger charge is 2.30. The molecule has 40 heavy (non-hydrogen) atoms. The Morgan fingerprint density at radius 3 is 2.30 bits per heavy atom. The maximum Gasteiger partial charge on any atom is 0.405 e. The van der Waals surface area contributed by atoms with Crippen LogP contribution in [0.5, 0.6) is 11.5 Å². The van der Waals surface area contributed by atoms with E-state index >= 15 is 0 Å². The van der Waals surface area contributed by atoms with Gasteiger partial charge in [0.05, 0.1) is 30.6 Å². The molecule has 1 unspecified atom stereocenters. The largest absolute Gasteiger partial charge is 0.508 e. The second-order valence-corrected chi connectivity index (χ2v) is 10.1. The van der Waals surface area contributed by atoms with E-state index in [4.69, 9.17) is 24.7 Å². The highest BCUT2D eigenvalue weighted by Crippen LogP contribution is 2.39. The highest BCUT2D eigenvalue weighted by atomic mass is 16.6. The van der Waals surface area contributed by atoms with Gasteiger partial charge in [0.2, 0.25) is 0 Å². The smallest absolute Gasteiger partial charge is 0.405 e. The molecule has 1 aliphatic heterocycles. The van der Waals surface area contributed by atoms with Crippen LogP contribution in [0.4, 0.5) is 10.5 Å². The van der Waals surface area contributed by atoms with Gasteiger partial charge in [0.1, 0.15) is 23.4 Å². The molecule has 10 nitrogen and oxygen atoms in total. The topological polar surface area (TPSA) is 150 Å². The van der Waals surface area contributed by atoms with E-state index in [1.807, 2.05) is 33.8 Å². The lowest BCUT2D eigenvalue weighted by Crippen LogP contribution is -2.36. The second kappa shape index (κ2) is 14.6. The van der Waals surface area contributed by atoms with Crippen molar-refractivity contribution in [2.45, 2.75) is 59.4 Å². The number of nitrogens with two attached hydrogens (primary N) is 1. The van der Waals surface area contributed by atoms with Crippen molar-refractivity contribution in [3.05, 3.63) is 58.7 Å². The fourth-order valence-electron chi connectivity index (χ4n) is 4.95. The van der Waals surface area contributed by atoms with Crippen molar-refractivity contribution in [2.75, 3.05) is 26.6 Å². The summed E-state index contributed by atoms with van der Waals surface area (Å²) in [6.45, 7) is 9.14. The molecule has 0 spiro atoms. The van der Waals surface area contributed by atoms with Gasteiger partial charge in [-0.3, -0.25) is 4.79 Å². The van der Waals surface area contributed by atoms with Crippen LogP contribution in [0.3, 0.4) is 0 Å². The molecule has 0 saturated heterocycles. The number of phenolic OH excluding ortho intramolecular Hbond substituents is 2. The number of rotatable bonds is 4. The van der Waals surface area contributed by atoms with Crippen LogP contribution < -0.4 is 11.1 Å². The number of ether oxygens (including phenoxy) is 4. The molecule has 0 fully saturated rings.